The zero-order valence-electron chi connectivity index (χ0n) is 12.7. The van der Waals surface area contributed by atoms with E-state index in [-0.39, 0.29) is 0 Å². The smallest absolute Gasteiger partial charge is 0.322 e. The summed E-state index contributed by atoms with van der Waals surface area (Å²) < 4.78 is 5.16. The van der Waals surface area contributed by atoms with Crippen molar-refractivity contribution in [2.75, 3.05) is 30.4 Å². The van der Waals surface area contributed by atoms with Crippen molar-refractivity contribution in [1.29, 1.82) is 0 Å². The van der Waals surface area contributed by atoms with Gasteiger partial charge in [-0.2, -0.15) is 15.0 Å². The maximum Gasteiger partial charge on any atom is 0.322 e. The van der Waals surface area contributed by atoms with Crippen molar-refractivity contribution >= 4 is 11.9 Å². The van der Waals surface area contributed by atoms with E-state index in [1.807, 2.05) is 25.1 Å². The van der Waals surface area contributed by atoms with Gasteiger partial charge in [0.05, 0.1) is 7.11 Å². The predicted molar refractivity (Wildman–Crippen MR) is 83.7 cm³/mol. The van der Waals surface area contributed by atoms with Gasteiger partial charge in [-0.15, -0.1) is 0 Å². The standard InChI is InChI=1S/C15H21N5O/c1-4-16-13-17-14(19-15(18-13)21-3)20(5-2)11-12-9-7-6-8-10-12/h6-10H,4-5,11H2,1-3H3,(H,16,17,18,19). The number of aromatic nitrogens is 3. The Labute approximate surface area is 125 Å². The molecule has 0 saturated carbocycles. The topological polar surface area (TPSA) is 63.2 Å². The summed E-state index contributed by atoms with van der Waals surface area (Å²) in [6.07, 6.45) is 0. The highest BCUT2D eigenvalue weighted by atomic mass is 16.5. The van der Waals surface area contributed by atoms with Crippen LogP contribution in [-0.2, 0) is 6.54 Å². The molecule has 0 amide bonds. The van der Waals surface area contributed by atoms with E-state index in [0.717, 1.165) is 19.6 Å². The molecular formula is C15H21N5O. The highest BCUT2D eigenvalue weighted by Crippen LogP contribution is 2.17. The summed E-state index contributed by atoms with van der Waals surface area (Å²) in [4.78, 5) is 15.1. The highest BCUT2D eigenvalue weighted by Gasteiger charge is 2.13. The first-order valence-corrected chi connectivity index (χ1v) is 7.09. The van der Waals surface area contributed by atoms with Crippen LogP contribution in [0.15, 0.2) is 30.3 Å². The Morgan fingerprint density at radius 1 is 1.10 bits per heavy atom. The van der Waals surface area contributed by atoms with Crippen LogP contribution in [0.25, 0.3) is 0 Å². The molecule has 0 fully saturated rings. The Balaban J connectivity index is 2.26. The average molecular weight is 287 g/mol. The molecule has 0 radical (unpaired) electrons. The van der Waals surface area contributed by atoms with E-state index in [0.29, 0.717) is 17.9 Å². The van der Waals surface area contributed by atoms with E-state index in [1.165, 1.54) is 5.56 Å². The third kappa shape index (κ3) is 4.05. The van der Waals surface area contributed by atoms with E-state index in [9.17, 15) is 0 Å². The summed E-state index contributed by atoms with van der Waals surface area (Å²) in [5, 5.41) is 3.10. The molecule has 0 atom stereocenters. The quantitative estimate of drug-likeness (QED) is 0.843. The van der Waals surface area contributed by atoms with Gasteiger partial charge in [0, 0.05) is 19.6 Å². The van der Waals surface area contributed by atoms with Crippen molar-refractivity contribution < 1.29 is 4.74 Å². The fourth-order valence-corrected chi connectivity index (χ4v) is 1.94. The molecule has 1 aromatic carbocycles. The van der Waals surface area contributed by atoms with Crippen molar-refractivity contribution in [3.63, 3.8) is 0 Å². The molecule has 6 nitrogen and oxygen atoms in total. The van der Waals surface area contributed by atoms with Gasteiger partial charge in [-0.1, -0.05) is 30.3 Å². The molecule has 1 aromatic heterocycles. The first-order chi connectivity index (χ1) is 10.3. The second kappa shape index (κ2) is 7.42. The number of hydrogen-bond acceptors (Lipinski definition) is 6. The van der Waals surface area contributed by atoms with Crippen molar-refractivity contribution in [2.45, 2.75) is 20.4 Å². The molecule has 0 spiro atoms. The third-order valence-electron chi connectivity index (χ3n) is 3.00. The van der Waals surface area contributed by atoms with Crippen LogP contribution in [-0.4, -0.2) is 35.2 Å². The molecule has 112 valence electrons. The van der Waals surface area contributed by atoms with Crippen molar-refractivity contribution in [3.8, 4) is 6.01 Å². The highest BCUT2D eigenvalue weighted by molar-refractivity contribution is 5.39. The molecule has 1 heterocycles. The van der Waals surface area contributed by atoms with Crippen LogP contribution >= 0.6 is 0 Å². The van der Waals surface area contributed by atoms with E-state index in [1.54, 1.807) is 7.11 Å². The van der Waals surface area contributed by atoms with Gasteiger partial charge in [-0.05, 0) is 19.4 Å². The Morgan fingerprint density at radius 2 is 1.86 bits per heavy atom. The summed E-state index contributed by atoms with van der Waals surface area (Å²) >= 11 is 0. The lowest BCUT2D eigenvalue weighted by atomic mass is 10.2. The van der Waals surface area contributed by atoms with Gasteiger partial charge in [0.15, 0.2) is 0 Å². The molecular weight excluding hydrogens is 266 g/mol. The Morgan fingerprint density at radius 3 is 2.48 bits per heavy atom. The second-order valence-electron chi connectivity index (χ2n) is 4.48. The van der Waals surface area contributed by atoms with E-state index in [4.69, 9.17) is 4.74 Å². The Hall–Kier alpha value is -2.37. The lowest BCUT2D eigenvalue weighted by molar-refractivity contribution is 0.378. The largest absolute Gasteiger partial charge is 0.467 e. The molecule has 2 rings (SSSR count). The minimum absolute atomic E-state index is 0.322. The molecule has 0 aliphatic heterocycles. The van der Waals surface area contributed by atoms with Crippen molar-refractivity contribution in [3.05, 3.63) is 35.9 Å². The lowest BCUT2D eigenvalue weighted by Gasteiger charge is -2.21. The van der Waals surface area contributed by atoms with E-state index >= 15 is 0 Å². The minimum atomic E-state index is 0.322. The lowest BCUT2D eigenvalue weighted by Crippen LogP contribution is -2.25. The van der Waals surface area contributed by atoms with Crippen LogP contribution in [0.4, 0.5) is 11.9 Å². The van der Waals surface area contributed by atoms with Crippen LogP contribution in [0.5, 0.6) is 6.01 Å². The SMILES string of the molecule is CCNc1nc(OC)nc(N(CC)Cc2ccccc2)n1. The van der Waals surface area contributed by atoms with Gasteiger partial charge >= 0.3 is 6.01 Å². The summed E-state index contributed by atoms with van der Waals surface area (Å²) in [7, 11) is 1.56. The van der Waals surface area contributed by atoms with Crippen molar-refractivity contribution in [2.24, 2.45) is 0 Å². The van der Waals surface area contributed by atoms with Crippen LogP contribution in [0, 0.1) is 0 Å². The molecule has 0 aliphatic carbocycles. The number of anilines is 2. The number of methoxy groups -OCH3 is 1. The van der Waals surface area contributed by atoms with Gasteiger partial charge in [-0.25, -0.2) is 0 Å². The summed E-state index contributed by atoms with van der Waals surface area (Å²) in [6.45, 7) is 6.37. The van der Waals surface area contributed by atoms with Crippen LogP contribution in [0.1, 0.15) is 19.4 Å². The van der Waals surface area contributed by atoms with Crippen LogP contribution in [0.2, 0.25) is 0 Å². The average Bonchev–Trinajstić information content (AvgIpc) is 2.53. The number of hydrogen-bond donors (Lipinski definition) is 1. The molecule has 0 aliphatic rings. The summed E-state index contributed by atoms with van der Waals surface area (Å²) in [5.41, 5.74) is 1.21. The van der Waals surface area contributed by atoms with Crippen LogP contribution < -0.4 is 15.0 Å². The van der Waals surface area contributed by atoms with Gasteiger partial charge in [0.25, 0.3) is 0 Å². The second-order valence-corrected chi connectivity index (χ2v) is 4.48. The minimum Gasteiger partial charge on any atom is -0.467 e. The zero-order valence-corrected chi connectivity index (χ0v) is 12.7. The van der Waals surface area contributed by atoms with E-state index < -0.39 is 0 Å². The predicted octanol–water partition coefficient (Wildman–Crippen LogP) is 2.34. The molecule has 2 aromatic rings. The molecule has 0 saturated heterocycles. The third-order valence-corrected chi connectivity index (χ3v) is 3.00. The van der Waals surface area contributed by atoms with Gasteiger partial charge in [0.1, 0.15) is 0 Å². The molecule has 1 N–H and O–H groups in total. The summed E-state index contributed by atoms with van der Waals surface area (Å²) in [6, 6.07) is 10.6. The van der Waals surface area contributed by atoms with E-state index in [2.05, 4.69) is 44.2 Å². The summed E-state index contributed by atoms with van der Waals surface area (Å²) in [5.74, 6) is 1.15. The molecule has 21 heavy (non-hydrogen) atoms. The number of rotatable bonds is 7. The maximum absolute atomic E-state index is 5.16. The molecule has 6 heteroatoms. The van der Waals surface area contributed by atoms with Crippen molar-refractivity contribution in [1.82, 2.24) is 15.0 Å². The molecule has 0 bridgehead atoms. The number of nitrogens with zero attached hydrogens (tertiary/aromatic N) is 4. The Kier molecular flexibility index (Phi) is 5.31. The van der Waals surface area contributed by atoms with Crippen LogP contribution in [0.3, 0.4) is 0 Å². The molecule has 0 unspecified atom stereocenters. The Bertz CT molecular complexity index is 561. The fraction of sp³-hybridized carbons (Fsp3) is 0.400. The normalized spacial score (nSPS) is 10.2. The van der Waals surface area contributed by atoms with Gasteiger partial charge in [-0.3, -0.25) is 0 Å². The van der Waals surface area contributed by atoms with Gasteiger partial charge < -0.3 is 15.0 Å². The number of ether oxygens (including phenoxy) is 1. The maximum atomic E-state index is 5.16. The fourth-order valence-electron chi connectivity index (χ4n) is 1.94. The first kappa shape index (κ1) is 15.0. The first-order valence-electron chi connectivity index (χ1n) is 7.09. The number of nitrogens with one attached hydrogen (secondary N) is 1. The zero-order chi connectivity index (χ0) is 15.1. The van der Waals surface area contributed by atoms with Gasteiger partial charge in [0.2, 0.25) is 11.9 Å². The monoisotopic (exact) mass is 287 g/mol. The number of benzene rings is 1.